The number of hydrogen-bond donors (Lipinski definition) is 2. The molecule has 1 fully saturated rings. The van der Waals surface area contributed by atoms with Crippen LogP contribution in [0.15, 0.2) is 30.3 Å². The Bertz CT molecular complexity index is 608. The van der Waals surface area contributed by atoms with E-state index in [4.69, 9.17) is 0 Å². The Balaban J connectivity index is 0.00000288. The number of sulfone groups is 1. The third-order valence-corrected chi connectivity index (χ3v) is 5.84. The first-order valence-corrected chi connectivity index (χ1v) is 10.0. The van der Waals surface area contributed by atoms with Gasteiger partial charge in [0.05, 0.1) is 11.5 Å². The maximum Gasteiger partial charge on any atom is 0.223 e. The molecule has 1 aromatic rings. The molecular formula is C17H27ClN2O3S. The fraction of sp³-hybridized carbons (Fsp3) is 0.588. The molecule has 0 saturated carbocycles. The molecule has 0 unspecified atom stereocenters. The average Bonchev–Trinajstić information content (AvgIpc) is 2.52. The first kappa shape index (κ1) is 20.9. The van der Waals surface area contributed by atoms with Crippen LogP contribution in [0.25, 0.3) is 0 Å². The van der Waals surface area contributed by atoms with Gasteiger partial charge >= 0.3 is 0 Å². The summed E-state index contributed by atoms with van der Waals surface area (Å²) in [6, 6.07) is 9.55. The number of amides is 1. The standard InChI is InChI=1S/C17H26N2O3S.ClH/c1-14-12-16(8-10-18-14)17(20)19-9-5-11-23(21,22)13-15-6-3-2-4-7-15;/h2-4,6-7,14,16,18H,5,8-13H2,1H3,(H,19,20);1H/t14-,16-;/m0./s1. The second-order valence-electron chi connectivity index (χ2n) is 6.30. The molecule has 1 aromatic carbocycles. The zero-order valence-corrected chi connectivity index (χ0v) is 15.7. The Morgan fingerprint density at radius 1 is 1.29 bits per heavy atom. The summed E-state index contributed by atoms with van der Waals surface area (Å²) >= 11 is 0. The van der Waals surface area contributed by atoms with Crippen molar-refractivity contribution in [2.75, 3.05) is 18.8 Å². The van der Waals surface area contributed by atoms with E-state index in [9.17, 15) is 13.2 Å². The molecule has 2 atom stereocenters. The van der Waals surface area contributed by atoms with E-state index in [1.54, 1.807) is 0 Å². The molecule has 136 valence electrons. The highest BCUT2D eigenvalue weighted by Gasteiger charge is 2.24. The minimum Gasteiger partial charge on any atom is -0.356 e. The van der Waals surface area contributed by atoms with Gasteiger partial charge in [0.25, 0.3) is 0 Å². The lowest BCUT2D eigenvalue weighted by Crippen LogP contribution is -2.42. The number of carbonyl (C=O) groups is 1. The SMILES string of the molecule is C[C@H]1C[C@@H](C(=O)NCCCS(=O)(=O)Cc2ccccc2)CCN1.Cl. The van der Waals surface area contributed by atoms with Gasteiger partial charge in [-0.25, -0.2) is 8.42 Å². The van der Waals surface area contributed by atoms with E-state index in [0.29, 0.717) is 19.0 Å². The first-order chi connectivity index (χ1) is 11.0. The summed E-state index contributed by atoms with van der Waals surface area (Å²) in [6.45, 7) is 3.37. The molecule has 7 heteroatoms. The molecule has 2 rings (SSSR count). The molecule has 0 spiro atoms. The van der Waals surface area contributed by atoms with Crippen molar-refractivity contribution in [3.63, 3.8) is 0 Å². The number of halogens is 1. The van der Waals surface area contributed by atoms with Gasteiger partial charge in [-0.15, -0.1) is 12.4 Å². The van der Waals surface area contributed by atoms with Gasteiger partial charge in [0, 0.05) is 18.5 Å². The Hall–Kier alpha value is -1.11. The van der Waals surface area contributed by atoms with Crippen molar-refractivity contribution in [3.05, 3.63) is 35.9 Å². The lowest BCUT2D eigenvalue weighted by Gasteiger charge is -2.27. The van der Waals surface area contributed by atoms with Gasteiger partial charge in [-0.1, -0.05) is 30.3 Å². The first-order valence-electron chi connectivity index (χ1n) is 8.22. The van der Waals surface area contributed by atoms with Crippen molar-refractivity contribution in [2.24, 2.45) is 5.92 Å². The van der Waals surface area contributed by atoms with Gasteiger partial charge in [0.2, 0.25) is 5.91 Å². The smallest absolute Gasteiger partial charge is 0.223 e. The number of carbonyl (C=O) groups excluding carboxylic acids is 1. The molecule has 1 saturated heterocycles. The van der Waals surface area contributed by atoms with Crippen molar-refractivity contribution in [1.82, 2.24) is 10.6 Å². The lowest BCUT2D eigenvalue weighted by atomic mass is 9.92. The van der Waals surface area contributed by atoms with Crippen LogP contribution in [-0.4, -0.2) is 39.2 Å². The summed E-state index contributed by atoms with van der Waals surface area (Å²) in [4.78, 5) is 12.1. The molecular weight excluding hydrogens is 348 g/mol. The van der Waals surface area contributed by atoms with Gasteiger partial charge in [-0.3, -0.25) is 4.79 Å². The third kappa shape index (κ3) is 7.20. The summed E-state index contributed by atoms with van der Waals surface area (Å²) in [5.41, 5.74) is 0.806. The van der Waals surface area contributed by atoms with Crippen LogP contribution in [-0.2, 0) is 20.4 Å². The molecule has 1 aliphatic heterocycles. The monoisotopic (exact) mass is 374 g/mol. The highest BCUT2D eigenvalue weighted by Crippen LogP contribution is 2.16. The Labute approximate surface area is 150 Å². The van der Waals surface area contributed by atoms with Gasteiger partial charge in [-0.05, 0) is 38.3 Å². The summed E-state index contributed by atoms with van der Waals surface area (Å²) in [5.74, 6) is 0.268. The number of piperidine rings is 1. The molecule has 0 aromatic heterocycles. The Kier molecular flexibility index (Phi) is 8.73. The quantitative estimate of drug-likeness (QED) is 0.715. The molecule has 1 aliphatic rings. The van der Waals surface area contributed by atoms with Crippen LogP contribution in [0, 0.1) is 5.92 Å². The normalized spacial score (nSPS) is 20.9. The van der Waals surface area contributed by atoms with Crippen molar-refractivity contribution in [3.8, 4) is 0 Å². The Morgan fingerprint density at radius 2 is 2.00 bits per heavy atom. The molecule has 0 radical (unpaired) electrons. The average molecular weight is 375 g/mol. The van der Waals surface area contributed by atoms with Crippen molar-refractivity contribution >= 4 is 28.2 Å². The zero-order valence-electron chi connectivity index (χ0n) is 14.0. The minimum atomic E-state index is -3.13. The molecule has 0 bridgehead atoms. The maximum absolute atomic E-state index is 12.1. The number of hydrogen-bond acceptors (Lipinski definition) is 4. The van der Waals surface area contributed by atoms with E-state index in [-0.39, 0.29) is 35.7 Å². The molecule has 24 heavy (non-hydrogen) atoms. The van der Waals surface area contributed by atoms with Crippen LogP contribution in [0.1, 0.15) is 31.7 Å². The third-order valence-electron chi connectivity index (χ3n) is 4.16. The topological polar surface area (TPSA) is 75.3 Å². The predicted octanol–water partition coefficient (Wildman–Crippen LogP) is 1.92. The van der Waals surface area contributed by atoms with Gasteiger partial charge in [0.15, 0.2) is 9.84 Å². The van der Waals surface area contributed by atoms with Gasteiger partial charge in [0.1, 0.15) is 0 Å². The van der Waals surface area contributed by atoms with Crippen molar-refractivity contribution in [1.29, 1.82) is 0 Å². The lowest BCUT2D eigenvalue weighted by molar-refractivity contribution is -0.126. The van der Waals surface area contributed by atoms with Gasteiger partial charge < -0.3 is 10.6 Å². The van der Waals surface area contributed by atoms with Crippen molar-refractivity contribution in [2.45, 2.75) is 38.0 Å². The van der Waals surface area contributed by atoms with E-state index in [0.717, 1.165) is 24.9 Å². The number of benzene rings is 1. The van der Waals surface area contributed by atoms with E-state index < -0.39 is 9.84 Å². The van der Waals surface area contributed by atoms with Crippen molar-refractivity contribution < 1.29 is 13.2 Å². The van der Waals surface area contributed by atoms with Crippen LogP contribution < -0.4 is 10.6 Å². The fourth-order valence-electron chi connectivity index (χ4n) is 2.92. The summed E-state index contributed by atoms with van der Waals surface area (Å²) < 4.78 is 24.1. The summed E-state index contributed by atoms with van der Waals surface area (Å²) in [6.07, 6.45) is 2.15. The highest BCUT2D eigenvalue weighted by molar-refractivity contribution is 7.90. The summed E-state index contributed by atoms with van der Waals surface area (Å²) in [7, 11) is -3.13. The molecule has 2 N–H and O–H groups in total. The number of nitrogens with one attached hydrogen (secondary N) is 2. The van der Waals surface area contributed by atoms with E-state index in [1.165, 1.54) is 0 Å². The molecule has 0 aliphatic carbocycles. The van der Waals surface area contributed by atoms with E-state index in [2.05, 4.69) is 17.6 Å². The molecule has 1 heterocycles. The van der Waals surface area contributed by atoms with E-state index >= 15 is 0 Å². The van der Waals surface area contributed by atoms with Gasteiger partial charge in [-0.2, -0.15) is 0 Å². The minimum absolute atomic E-state index is 0. The molecule has 1 amide bonds. The second kappa shape index (κ2) is 10.0. The van der Waals surface area contributed by atoms with Crippen LogP contribution in [0.4, 0.5) is 0 Å². The van der Waals surface area contributed by atoms with Crippen LogP contribution in [0.5, 0.6) is 0 Å². The molecule has 5 nitrogen and oxygen atoms in total. The van der Waals surface area contributed by atoms with Crippen LogP contribution >= 0.6 is 12.4 Å². The maximum atomic E-state index is 12.1. The zero-order chi connectivity index (χ0) is 16.7. The summed E-state index contributed by atoms with van der Waals surface area (Å²) in [5, 5.41) is 6.20. The van der Waals surface area contributed by atoms with Crippen LogP contribution in [0.2, 0.25) is 0 Å². The predicted molar refractivity (Wildman–Crippen MR) is 99.0 cm³/mol. The number of rotatable bonds is 7. The highest BCUT2D eigenvalue weighted by atomic mass is 35.5. The second-order valence-corrected chi connectivity index (χ2v) is 8.48. The van der Waals surface area contributed by atoms with Crippen LogP contribution in [0.3, 0.4) is 0 Å². The van der Waals surface area contributed by atoms with E-state index in [1.807, 2.05) is 30.3 Å². The largest absolute Gasteiger partial charge is 0.356 e. The Morgan fingerprint density at radius 3 is 2.67 bits per heavy atom. The fourth-order valence-corrected chi connectivity index (χ4v) is 4.35.